The lowest BCUT2D eigenvalue weighted by Gasteiger charge is -2.36. The van der Waals surface area contributed by atoms with Gasteiger partial charge in [0.15, 0.2) is 0 Å². The molecule has 1 amide bonds. The number of anilines is 1. The minimum atomic E-state index is -0.220. The molecule has 2 aromatic rings. The monoisotopic (exact) mass is 474 g/mol. The average Bonchev–Trinajstić information content (AvgIpc) is 3.02. The Morgan fingerprint density at radius 3 is 2.75 bits per heavy atom. The summed E-state index contributed by atoms with van der Waals surface area (Å²) in [5.74, 6) is 0.371. The summed E-state index contributed by atoms with van der Waals surface area (Å²) in [4.78, 5) is 35.3. The van der Waals surface area contributed by atoms with E-state index in [1.54, 1.807) is 36.4 Å². The van der Waals surface area contributed by atoms with Crippen LogP contribution in [0.3, 0.4) is 0 Å². The number of aromatic nitrogens is 2. The summed E-state index contributed by atoms with van der Waals surface area (Å²) in [7, 11) is 1.62. The van der Waals surface area contributed by atoms with E-state index < -0.39 is 0 Å². The molecule has 2 aromatic heterocycles. The maximum absolute atomic E-state index is 13.5. The van der Waals surface area contributed by atoms with Crippen molar-refractivity contribution < 1.29 is 14.3 Å². The van der Waals surface area contributed by atoms with Gasteiger partial charge in [0.05, 0.1) is 22.7 Å². The van der Waals surface area contributed by atoms with Gasteiger partial charge in [-0.15, -0.1) is 0 Å². The quantitative estimate of drug-likeness (QED) is 0.359. The van der Waals surface area contributed by atoms with E-state index >= 15 is 0 Å². The van der Waals surface area contributed by atoms with Crippen LogP contribution in [0.4, 0.5) is 5.82 Å². The van der Waals surface area contributed by atoms with E-state index in [0.29, 0.717) is 58.9 Å². The molecule has 170 valence electrons. The average molecular weight is 475 g/mol. The number of thioether (sulfide) groups is 1. The van der Waals surface area contributed by atoms with E-state index in [1.165, 1.54) is 16.2 Å². The maximum Gasteiger partial charge on any atom is 0.267 e. The van der Waals surface area contributed by atoms with Gasteiger partial charge in [-0.3, -0.25) is 18.9 Å². The van der Waals surface area contributed by atoms with Gasteiger partial charge in [-0.1, -0.05) is 30.0 Å². The molecule has 0 saturated carbocycles. The molecule has 10 heteroatoms. The van der Waals surface area contributed by atoms with Crippen molar-refractivity contribution in [2.75, 3.05) is 38.3 Å². The smallest absolute Gasteiger partial charge is 0.267 e. The van der Waals surface area contributed by atoms with Gasteiger partial charge in [-0.05, 0) is 38.5 Å². The summed E-state index contributed by atoms with van der Waals surface area (Å²) in [6.45, 7) is 6.25. The number of rotatable bonds is 6. The summed E-state index contributed by atoms with van der Waals surface area (Å²) in [6.07, 6.45) is 4.02. The number of nitrogens with zero attached hydrogens (tertiary/aromatic N) is 4. The summed E-state index contributed by atoms with van der Waals surface area (Å²) in [6, 6.07) is 5.44. The van der Waals surface area contributed by atoms with Crippen LogP contribution in [0.15, 0.2) is 34.1 Å². The normalized spacial score (nSPS) is 23.0. The molecule has 2 saturated heterocycles. The van der Waals surface area contributed by atoms with E-state index in [-0.39, 0.29) is 23.7 Å². The van der Waals surface area contributed by atoms with Crippen molar-refractivity contribution in [3.8, 4) is 0 Å². The number of amides is 1. The predicted octanol–water partition coefficient (Wildman–Crippen LogP) is 2.55. The SMILES string of the molecule is COCCCN1C(=O)/C(=C\c2c(N3CC(C)OC(C)C3)nc3ccccn3c2=O)SC1=S. The van der Waals surface area contributed by atoms with Crippen LogP contribution in [0.2, 0.25) is 0 Å². The number of hydrogen-bond acceptors (Lipinski definition) is 8. The Hall–Kier alpha value is -2.27. The van der Waals surface area contributed by atoms with Crippen molar-refractivity contribution in [3.05, 3.63) is 45.2 Å². The first kappa shape index (κ1) is 22.9. The van der Waals surface area contributed by atoms with Gasteiger partial charge in [0.1, 0.15) is 15.8 Å². The summed E-state index contributed by atoms with van der Waals surface area (Å²) >= 11 is 6.63. The van der Waals surface area contributed by atoms with Crippen molar-refractivity contribution >= 4 is 51.7 Å². The summed E-state index contributed by atoms with van der Waals surface area (Å²) in [5, 5.41) is 0. The van der Waals surface area contributed by atoms with Gasteiger partial charge in [0.2, 0.25) is 0 Å². The standard InChI is InChI=1S/C22H26N4O4S2/c1-14-12-24(13-15(2)30-14)19-16(20(27)25-8-5-4-7-18(25)23-19)11-17-21(28)26(22(31)32-17)9-6-10-29-3/h4-5,7-8,11,14-15H,6,9-10,12-13H2,1-3H3/b17-11+. The molecular formula is C22H26N4O4S2. The van der Waals surface area contributed by atoms with E-state index in [4.69, 9.17) is 26.7 Å². The van der Waals surface area contributed by atoms with Crippen molar-refractivity contribution in [2.24, 2.45) is 0 Å². The highest BCUT2D eigenvalue weighted by molar-refractivity contribution is 8.26. The Morgan fingerprint density at radius 1 is 1.28 bits per heavy atom. The molecule has 2 fully saturated rings. The number of carbonyl (C=O) groups excluding carboxylic acids is 1. The molecule has 4 rings (SSSR count). The number of thiocarbonyl (C=S) groups is 1. The molecule has 8 nitrogen and oxygen atoms in total. The highest BCUT2D eigenvalue weighted by Gasteiger charge is 2.33. The fraction of sp³-hybridized carbons (Fsp3) is 0.455. The lowest BCUT2D eigenvalue weighted by molar-refractivity contribution is -0.122. The molecule has 4 heterocycles. The number of methoxy groups -OCH3 is 1. The number of fused-ring (bicyclic) bond motifs is 1. The zero-order valence-corrected chi connectivity index (χ0v) is 19.9. The van der Waals surface area contributed by atoms with Gasteiger partial charge in [-0.25, -0.2) is 4.98 Å². The third-order valence-electron chi connectivity index (χ3n) is 5.35. The number of hydrogen-bond donors (Lipinski definition) is 0. The molecule has 0 bridgehead atoms. The lowest BCUT2D eigenvalue weighted by Crippen LogP contribution is -2.46. The van der Waals surface area contributed by atoms with Crippen LogP contribution in [0.1, 0.15) is 25.8 Å². The van der Waals surface area contributed by atoms with E-state index in [2.05, 4.69) is 4.90 Å². The maximum atomic E-state index is 13.5. The number of ether oxygens (including phenoxy) is 2. The first-order valence-electron chi connectivity index (χ1n) is 10.5. The molecule has 0 spiro atoms. The van der Waals surface area contributed by atoms with Gasteiger partial charge in [0.25, 0.3) is 11.5 Å². The Kier molecular flexibility index (Phi) is 6.94. The molecule has 32 heavy (non-hydrogen) atoms. The minimum absolute atomic E-state index is 0.00150. The molecule has 0 radical (unpaired) electrons. The first-order chi connectivity index (χ1) is 15.4. The van der Waals surface area contributed by atoms with Crippen molar-refractivity contribution in [2.45, 2.75) is 32.5 Å². The lowest BCUT2D eigenvalue weighted by atomic mass is 10.2. The molecule has 0 N–H and O–H groups in total. The highest BCUT2D eigenvalue weighted by Crippen LogP contribution is 2.34. The molecule has 2 aliphatic heterocycles. The second-order valence-corrected chi connectivity index (χ2v) is 9.60. The van der Waals surface area contributed by atoms with Crippen LogP contribution in [0.25, 0.3) is 11.7 Å². The van der Waals surface area contributed by atoms with E-state index in [1.807, 2.05) is 19.9 Å². The second kappa shape index (κ2) is 9.70. The fourth-order valence-corrected chi connectivity index (χ4v) is 5.29. The highest BCUT2D eigenvalue weighted by atomic mass is 32.2. The number of carbonyl (C=O) groups is 1. The van der Waals surface area contributed by atoms with Crippen molar-refractivity contribution in [3.63, 3.8) is 0 Å². The van der Waals surface area contributed by atoms with Crippen LogP contribution in [-0.4, -0.2) is 70.1 Å². The zero-order valence-electron chi connectivity index (χ0n) is 18.3. The van der Waals surface area contributed by atoms with Crippen LogP contribution in [0.5, 0.6) is 0 Å². The Balaban J connectivity index is 1.77. The van der Waals surface area contributed by atoms with Crippen LogP contribution >= 0.6 is 24.0 Å². The van der Waals surface area contributed by atoms with Crippen LogP contribution in [-0.2, 0) is 14.3 Å². The van der Waals surface area contributed by atoms with Gasteiger partial charge >= 0.3 is 0 Å². The molecule has 2 aliphatic rings. The van der Waals surface area contributed by atoms with Gasteiger partial charge < -0.3 is 14.4 Å². The van der Waals surface area contributed by atoms with Crippen LogP contribution < -0.4 is 10.5 Å². The zero-order chi connectivity index (χ0) is 22.8. The molecule has 2 unspecified atom stereocenters. The molecule has 0 aromatic carbocycles. The summed E-state index contributed by atoms with van der Waals surface area (Å²) < 4.78 is 12.9. The number of morpholine rings is 1. The second-order valence-electron chi connectivity index (χ2n) is 7.93. The fourth-order valence-electron chi connectivity index (χ4n) is 4.00. The predicted molar refractivity (Wildman–Crippen MR) is 130 cm³/mol. The Labute approximate surface area is 196 Å². The van der Waals surface area contributed by atoms with Crippen LogP contribution in [0, 0.1) is 0 Å². The van der Waals surface area contributed by atoms with E-state index in [0.717, 1.165) is 0 Å². The third-order valence-corrected chi connectivity index (χ3v) is 6.73. The Bertz CT molecular complexity index is 1120. The van der Waals surface area contributed by atoms with Gasteiger partial charge in [0, 0.05) is 39.5 Å². The van der Waals surface area contributed by atoms with Crippen molar-refractivity contribution in [1.82, 2.24) is 14.3 Å². The third kappa shape index (κ3) is 4.59. The van der Waals surface area contributed by atoms with Gasteiger partial charge in [-0.2, -0.15) is 0 Å². The minimum Gasteiger partial charge on any atom is -0.385 e. The van der Waals surface area contributed by atoms with Crippen molar-refractivity contribution in [1.29, 1.82) is 0 Å². The molecular weight excluding hydrogens is 448 g/mol. The Morgan fingerprint density at radius 2 is 2.03 bits per heavy atom. The molecule has 2 atom stereocenters. The van der Waals surface area contributed by atoms with E-state index in [9.17, 15) is 9.59 Å². The number of pyridine rings is 1. The summed E-state index contributed by atoms with van der Waals surface area (Å²) in [5.41, 5.74) is 0.720. The first-order valence-corrected chi connectivity index (χ1v) is 11.8. The topological polar surface area (TPSA) is 76.4 Å². The largest absolute Gasteiger partial charge is 0.385 e. The molecule has 0 aliphatic carbocycles.